The predicted molar refractivity (Wildman–Crippen MR) is 102 cm³/mol. The third-order valence-corrected chi connectivity index (χ3v) is 4.96. The molecule has 0 saturated carbocycles. The largest absolute Gasteiger partial charge is 0.497 e. The van der Waals surface area contributed by atoms with E-state index in [1.54, 1.807) is 25.8 Å². The fourth-order valence-electron chi connectivity index (χ4n) is 2.13. The summed E-state index contributed by atoms with van der Waals surface area (Å²) in [6, 6.07) is 9.15. The minimum atomic E-state index is -0.134. The Morgan fingerprint density at radius 1 is 1.19 bits per heavy atom. The van der Waals surface area contributed by atoms with Crippen molar-refractivity contribution in [3.8, 4) is 22.8 Å². The number of methoxy groups -OCH3 is 2. The number of benzene rings is 1. The van der Waals surface area contributed by atoms with Crippen LogP contribution < -0.4 is 14.8 Å². The van der Waals surface area contributed by atoms with Crippen LogP contribution in [0.4, 0.5) is 5.13 Å². The molecule has 2 heterocycles. The van der Waals surface area contributed by atoms with Crippen molar-refractivity contribution in [3.05, 3.63) is 41.9 Å². The zero-order valence-electron chi connectivity index (χ0n) is 14.1. The summed E-state index contributed by atoms with van der Waals surface area (Å²) in [6.07, 6.45) is 1.64. The molecule has 0 bridgehead atoms. The lowest BCUT2D eigenvalue weighted by Crippen LogP contribution is -2.13. The smallest absolute Gasteiger partial charge is 0.236 e. The van der Waals surface area contributed by atoms with Gasteiger partial charge >= 0.3 is 0 Å². The van der Waals surface area contributed by atoms with E-state index in [1.807, 2.05) is 30.3 Å². The molecule has 2 aromatic heterocycles. The van der Waals surface area contributed by atoms with Crippen LogP contribution in [0.3, 0.4) is 0 Å². The number of ether oxygens (including phenoxy) is 2. The van der Waals surface area contributed by atoms with E-state index in [-0.39, 0.29) is 11.7 Å². The molecule has 0 unspecified atom stereocenters. The highest BCUT2D eigenvalue weighted by molar-refractivity contribution is 7.99. The maximum atomic E-state index is 11.9. The van der Waals surface area contributed by atoms with Crippen molar-refractivity contribution in [1.82, 2.24) is 15.2 Å². The molecule has 0 spiro atoms. The second kappa shape index (κ2) is 8.63. The Bertz CT molecular complexity index is 870. The second-order valence-electron chi connectivity index (χ2n) is 5.00. The van der Waals surface area contributed by atoms with E-state index in [0.717, 1.165) is 5.56 Å². The Hall–Kier alpha value is -2.65. The summed E-state index contributed by atoms with van der Waals surface area (Å²) in [5.74, 6) is 1.49. The normalized spacial score (nSPS) is 10.4. The Morgan fingerprint density at radius 2 is 2.08 bits per heavy atom. The van der Waals surface area contributed by atoms with Gasteiger partial charge in [-0.2, -0.15) is 0 Å². The maximum absolute atomic E-state index is 11.9. The molecule has 3 aromatic rings. The number of rotatable bonds is 7. The van der Waals surface area contributed by atoms with E-state index < -0.39 is 0 Å². The van der Waals surface area contributed by atoms with Gasteiger partial charge in [0.2, 0.25) is 5.91 Å². The first kappa shape index (κ1) is 18.2. The first-order valence-corrected chi connectivity index (χ1v) is 9.44. The van der Waals surface area contributed by atoms with Gasteiger partial charge in [0.1, 0.15) is 16.5 Å². The number of aromatic nitrogens is 3. The predicted octanol–water partition coefficient (Wildman–Crippen LogP) is 3.35. The summed E-state index contributed by atoms with van der Waals surface area (Å²) in [5.41, 5.74) is 1.45. The summed E-state index contributed by atoms with van der Waals surface area (Å²) < 4.78 is 10.6. The Labute approximate surface area is 158 Å². The Morgan fingerprint density at radius 3 is 2.73 bits per heavy atom. The number of thiazole rings is 1. The molecule has 0 radical (unpaired) electrons. The van der Waals surface area contributed by atoms with Gasteiger partial charge in [-0.3, -0.25) is 4.79 Å². The molecule has 0 aliphatic carbocycles. The Balaban J connectivity index is 1.66. The topological polar surface area (TPSA) is 86.2 Å². The summed E-state index contributed by atoms with van der Waals surface area (Å²) in [7, 11) is 3.21. The highest BCUT2D eigenvalue weighted by Gasteiger charge is 2.11. The van der Waals surface area contributed by atoms with Gasteiger partial charge in [0.05, 0.1) is 25.7 Å². The van der Waals surface area contributed by atoms with Gasteiger partial charge < -0.3 is 14.8 Å². The van der Waals surface area contributed by atoms with E-state index in [1.165, 1.54) is 23.1 Å². The van der Waals surface area contributed by atoms with E-state index in [4.69, 9.17) is 9.47 Å². The van der Waals surface area contributed by atoms with Gasteiger partial charge in [-0.25, -0.2) is 4.98 Å². The highest BCUT2D eigenvalue weighted by atomic mass is 32.2. The second-order valence-corrected chi connectivity index (χ2v) is 6.89. The molecule has 0 saturated heterocycles. The average molecular weight is 388 g/mol. The number of anilines is 1. The van der Waals surface area contributed by atoms with Gasteiger partial charge in [0.25, 0.3) is 0 Å². The fourth-order valence-corrected chi connectivity index (χ4v) is 3.29. The van der Waals surface area contributed by atoms with Gasteiger partial charge in [-0.1, -0.05) is 11.8 Å². The summed E-state index contributed by atoms with van der Waals surface area (Å²) in [5, 5.41) is 14.2. The van der Waals surface area contributed by atoms with Crippen molar-refractivity contribution in [3.63, 3.8) is 0 Å². The van der Waals surface area contributed by atoms with Crippen LogP contribution in [0, 0.1) is 0 Å². The number of nitrogens with one attached hydrogen (secondary N) is 1. The van der Waals surface area contributed by atoms with Crippen LogP contribution in [0.1, 0.15) is 0 Å². The molecule has 0 aliphatic heterocycles. The first-order valence-electron chi connectivity index (χ1n) is 7.58. The number of hydrogen-bond donors (Lipinski definition) is 1. The number of carbonyl (C=O) groups excluding carboxylic acids is 1. The minimum Gasteiger partial charge on any atom is -0.497 e. The third-order valence-electron chi connectivity index (χ3n) is 3.35. The van der Waals surface area contributed by atoms with Gasteiger partial charge in [-0.05, 0) is 30.3 Å². The van der Waals surface area contributed by atoms with Crippen LogP contribution in [0.2, 0.25) is 0 Å². The Kier molecular flexibility index (Phi) is 6.03. The van der Waals surface area contributed by atoms with E-state index in [0.29, 0.717) is 27.4 Å². The molecular formula is C17H16N4O3S2. The molecule has 1 aromatic carbocycles. The molecule has 3 rings (SSSR count). The zero-order chi connectivity index (χ0) is 18.4. The van der Waals surface area contributed by atoms with Crippen molar-refractivity contribution in [2.45, 2.75) is 5.03 Å². The number of thioether (sulfide) groups is 1. The van der Waals surface area contributed by atoms with Crippen molar-refractivity contribution < 1.29 is 14.3 Å². The van der Waals surface area contributed by atoms with Crippen molar-refractivity contribution in [2.75, 3.05) is 25.3 Å². The standard InChI is InChI=1S/C17H16N4O3S2/c1-23-11-3-5-14(24-2)12(9-11)13-4-6-16(21-20-13)26-10-15(22)19-17-18-7-8-25-17/h3-9H,10H2,1-2H3,(H,18,19,22). The van der Waals surface area contributed by atoms with Crippen LogP contribution in [0.5, 0.6) is 11.5 Å². The molecule has 7 nitrogen and oxygen atoms in total. The lowest BCUT2D eigenvalue weighted by atomic mass is 10.1. The van der Waals surface area contributed by atoms with E-state index in [2.05, 4.69) is 20.5 Å². The molecule has 26 heavy (non-hydrogen) atoms. The lowest BCUT2D eigenvalue weighted by Gasteiger charge is -2.09. The number of hydrogen-bond acceptors (Lipinski definition) is 8. The van der Waals surface area contributed by atoms with Crippen LogP contribution in [0.15, 0.2) is 46.9 Å². The highest BCUT2D eigenvalue weighted by Crippen LogP contribution is 2.32. The number of nitrogens with zero attached hydrogens (tertiary/aromatic N) is 3. The molecule has 134 valence electrons. The van der Waals surface area contributed by atoms with E-state index >= 15 is 0 Å². The quantitative estimate of drug-likeness (QED) is 0.621. The monoisotopic (exact) mass is 388 g/mol. The average Bonchev–Trinajstić information content (AvgIpc) is 3.19. The molecule has 0 fully saturated rings. The first-order chi connectivity index (χ1) is 12.7. The SMILES string of the molecule is COc1ccc(OC)c(-c2ccc(SCC(=O)Nc3nccs3)nn2)c1. The van der Waals surface area contributed by atoms with Crippen LogP contribution in [0.25, 0.3) is 11.3 Å². The molecule has 1 amide bonds. The van der Waals surface area contributed by atoms with Crippen molar-refractivity contribution in [2.24, 2.45) is 0 Å². The van der Waals surface area contributed by atoms with Crippen LogP contribution in [-0.4, -0.2) is 41.1 Å². The molecule has 0 atom stereocenters. The van der Waals surface area contributed by atoms with E-state index in [9.17, 15) is 4.79 Å². The lowest BCUT2D eigenvalue weighted by molar-refractivity contribution is -0.113. The van der Waals surface area contributed by atoms with Crippen molar-refractivity contribution in [1.29, 1.82) is 0 Å². The molecule has 9 heteroatoms. The van der Waals surface area contributed by atoms with Gasteiger partial charge in [-0.15, -0.1) is 21.5 Å². The summed E-state index contributed by atoms with van der Waals surface area (Å²) >= 11 is 2.68. The maximum Gasteiger partial charge on any atom is 0.236 e. The van der Waals surface area contributed by atoms with Crippen molar-refractivity contribution >= 4 is 34.1 Å². The summed E-state index contributed by atoms with van der Waals surface area (Å²) in [4.78, 5) is 15.9. The number of amides is 1. The molecule has 0 aliphatic rings. The number of carbonyl (C=O) groups is 1. The van der Waals surface area contributed by atoms with Crippen LogP contribution >= 0.6 is 23.1 Å². The van der Waals surface area contributed by atoms with Crippen LogP contribution in [-0.2, 0) is 4.79 Å². The molecular weight excluding hydrogens is 372 g/mol. The molecule has 1 N–H and O–H groups in total. The van der Waals surface area contributed by atoms with Gasteiger partial charge in [0, 0.05) is 17.1 Å². The minimum absolute atomic E-state index is 0.134. The summed E-state index contributed by atoms with van der Waals surface area (Å²) in [6.45, 7) is 0. The third kappa shape index (κ3) is 4.50. The van der Waals surface area contributed by atoms with Gasteiger partial charge in [0.15, 0.2) is 5.13 Å². The fraction of sp³-hybridized carbons (Fsp3) is 0.176. The zero-order valence-corrected chi connectivity index (χ0v) is 15.8.